The highest BCUT2D eigenvalue weighted by atomic mass is 19.4. The van der Waals surface area contributed by atoms with Gasteiger partial charge in [0, 0.05) is 63.4 Å². The summed E-state index contributed by atoms with van der Waals surface area (Å²) in [5.41, 5.74) is 0.904. The Hall–Kier alpha value is -3.31. The molecule has 1 amide bonds. The Morgan fingerprint density at radius 1 is 0.960 bits per heavy atom. The van der Waals surface area contributed by atoms with Crippen molar-refractivity contribution in [2.24, 2.45) is 17.3 Å². The summed E-state index contributed by atoms with van der Waals surface area (Å²) in [6, 6.07) is 12.2. The molecule has 274 valence electrons. The molecule has 8 nitrogen and oxygen atoms in total. The van der Waals surface area contributed by atoms with Crippen molar-refractivity contribution in [3.8, 4) is 5.75 Å². The smallest absolute Gasteiger partial charge is 0.416 e. The number of hydrogen-bond acceptors (Lipinski definition) is 6. The summed E-state index contributed by atoms with van der Waals surface area (Å²) in [6.07, 6.45) is 1.41. The molecule has 6 rings (SSSR count). The van der Waals surface area contributed by atoms with Gasteiger partial charge in [-0.05, 0) is 93.2 Å². The number of aliphatic carboxylic acids is 1. The fourth-order valence-corrected chi connectivity index (χ4v) is 9.22. The number of rotatable bonds is 9. The zero-order valence-electron chi connectivity index (χ0n) is 29.8. The normalized spacial score (nSPS) is 29.8. The molecule has 11 heteroatoms. The lowest BCUT2D eigenvalue weighted by molar-refractivity contribution is -0.143. The molecule has 1 N–H and O–H groups in total. The number of amides is 1. The number of methoxy groups -OCH3 is 2. The maximum atomic E-state index is 15.1. The van der Waals surface area contributed by atoms with E-state index in [0.29, 0.717) is 69.7 Å². The molecule has 2 aromatic rings. The van der Waals surface area contributed by atoms with E-state index in [1.807, 2.05) is 21.9 Å². The van der Waals surface area contributed by atoms with E-state index in [9.17, 15) is 23.1 Å². The number of carbonyl (C=O) groups excluding carboxylic acids is 1. The average Bonchev–Trinajstić information content (AvgIpc) is 3.69. The van der Waals surface area contributed by atoms with Gasteiger partial charge in [0.15, 0.2) is 0 Å². The number of ether oxygens (including phenoxy) is 2. The third-order valence-corrected chi connectivity index (χ3v) is 12.2. The Morgan fingerprint density at radius 2 is 1.64 bits per heavy atom. The van der Waals surface area contributed by atoms with Gasteiger partial charge in [-0.3, -0.25) is 14.5 Å². The van der Waals surface area contributed by atoms with Crippen LogP contribution in [0.2, 0.25) is 0 Å². The molecule has 0 bridgehead atoms. The van der Waals surface area contributed by atoms with Gasteiger partial charge < -0.3 is 24.4 Å². The number of carboxylic acid groups (broad SMARTS) is 1. The van der Waals surface area contributed by atoms with Crippen LogP contribution in [0.4, 0.5) is 18.9 Å². The highest BCUT2D eigenvalue weighted by Crippen LogP contribution is 2.49. The van der Waals surface area contributed by atoms with E-state index in [2.05, 4.69) is 30.9 Å². The second-order valence-corrected chi connectivity index (χ2v) is 15.5. The minimum absolute atomic E-state index is 0.0420. The van der Waals surface area contributed by atoms with Crippen molar-refractivity contribution in [3.05, 3.63) is 59.2 Å². The molecule has 1 saturated carbocycles. The number of likely N-dealkylation sites (tertiary alicyclic amines) is 2. The monoisotopic (exact) mass is 699 g/mol. The van der Waals surface area contributed by atoms with Crippen LogP contribution in [0.1, 0.15) is 87.3 Å². The first-order chi connectivity index (χ1) is 23.8. The number of alkyl halides is 3. The van der Waals surface area contributed by atoms with Gasteiger partial charge in [0.1, 0.15) is 5.75 Å². The van der Waals surface area contributed by atoms with Gasteiger partial charge in [0.2, 0.25) is 5.91 Å². The number of carbonyl (C=O) groups is 2. The van der Waals surface area contributed by atoms with Crippen LogP contribution in [0, 0.1) is 17.3 Å². The van der Waals surface area contributed by atoms with E-state index in [0.717, 1.165) is 42.3 Å². The average molecular weight is 700 g/mol. The van der Waals surface area contributed by atoms with Gasteiger partial charge in [-0.25, -0.2) is 0 Å². The fraction of sp³-hybridized carbons (Fsp3) is 0.641. The topological polar surface area (TPSA) is 82.5 Å². The number of nitrogens with zero attached hydrogens (tertiary/aromatic N) is 3. The van der Waals surface area contributed by atoms with E-state index in [4.69, 9.17) is 9.47 Å². The first kappa shape index (κ1) is 36.5. The van der Waals surface area contributed by atoms with Crippen LogP contribution in [0.25, 0.3) is 0 Å². The molecule has 50 heavy (non-hydrogen) atoms. The standard InChI is InChI=1S/C39H52F3N3O5/c1-25-5-10-30(11-6-25)44-22-34(26-7-12-32(50-4)13-8-26)38(2,24-44)37(48)45-21-28(19-31(45)23-49-3)33-14-9-29(39(40,41)42)20-35(33)43-17-15-27(16-18-43)36(46)47/h7-9,12-14,20,25,27-28,30-31,34H,5-6,10-11,15-19,21-24H2,1-4H3,(H,46,47)/t25-,28-,30-,31+,34-,38+/m1/s1. The van der Waals surface area contributed by atoms with E-state index in [-0.39, 0.29) is 23.8 Å². The number of anilines is 1. The third kappa shape index (κ3) is 7.36. The first-order valence-corrected chi connectivity index (χ1v) is 18.2. The van der Waals surface area contributed by atoms with Crippen molar-refractivity contribution in [3.63, 3.8) is 0 Å². The van der Waals surface area contributed by atoms with Gasteiger partial charge in [0.25, 0.3) is 0 Å². The lowest BCUT2D eigenvalue weighted by atomic mass is 9.74. The molecule has 1 aliphatic carbocycles. The number of piperidine rings is 1. The zero-order valence-corrected chi connectivity index (χ0v) is 29.8. The molecule has 4 fully saturated rings. The van der Waals surface area contributed by atoms with Gasteiger partial charge >= 0.3 is 12.1 Å². The summed E-state index contributed by atoms with van der Waals surface area (Å²) in [5.74, 6) is -0.0760. The molecule has 3 aliphatic heterocycles. The summed E-state index contributed by atoms with van der Waals surface area (Å²) >= 11 is 0. The predicted molar refractivity (Wildman–Crippen MR) is 186 cm³/mol. The van der Waals surface area contributed by atoms with Crippen molar-refractivity contribution in [2.45, 2.75) is 88.9 Å². The Morgan fingerprint density at radius 3 is 2.24 bits per heavy atom. The molecule has 0 unspecified atom stereocenters. The van der Waals surface area contributed by atoms with Gasteiger partial charge in [-0.1, -0.05) is 25.1 Å². The number of carboxylic acids is 1. The van der Waals surface area contributed by atoms with Crippen LogP contribution >= 0.6 is 0 Å². The summed E-state index contributed by atoms with van der Waals surface area (Å²) < 4.78 is 53.1. The quantitative estimate of drug-likeness (QED) is 0.301. The van der Waals surface area contributed by atoms with E-state index >= 15 is 4.79 Å². The van der Waals surface area contributed by atoms with Crippen molar-refractivity contribution in [1.82, 2.24) is 9.80 Å². The maximum absolute atomic E-state index is 15.1. The highest BCUT2D eigenvalue weighted by Gasteiger charge is 2.54. The molecule has 0 aromatic heterocycles. The van der Waals surface area contributed by atoms with Crippen LogP contribution in [-0.2, 0) is 20.5 Å². The Labute approximate surface area is 293 Å². The summed E-state index contributed by atoms with van der Waals surface area (Å²) in [6.45, 7) is 7.27. The molecule has 4 aliphatic rings. The largest absolute Gasteiger partial charge is 0.497 e. The third-order valence-electron chi connectivity index (χ3n) is 12.2. The molecular weight excluding hydrogens is 647 g/mol. The van der Waals surface area contributed by atoms with Gasteiger partial charge in [-0.2, -0.15) is 13.2 Å². The van der Waals surface area contributed by atoms with E-state index < -0.39 is 29.0 Å². The Kier molecular flexibility index (Phi) is 10.8. The second-order valence-electron chi connectivity index (χ2n) is 15.5. The number of halogens is 3. The molecule has 0 spiro atoms. The van der Waals surface area contributed by atoms with Crippen LogP contribution < -0.4 is 9.64 Å². The molecular formula is C39H52F3N3O5. The van der Waals surface area contributed by atoms with Crippen LogP contribution in [0.15, 0.2) is 42.5 Å². The number of benzene rings is 2. The molecule has 4 atom stereocenters. The predicted octanol–water partition coefficient (Wildman–Crippen LogP) is 7.03. The molecule has 3 heterocycles. The minimum atomic E-state index is -4.52. The summed E-state index contributed by atoms with van der Waals surface area (Å²) in [5, 5.41) is 9.54. The Balaban J connectivity index is 1.31. The van der Waals surface area contributed by atoms with Crippen molar-refractivity contribution < 1.29 is 37.3 Å². The Bertz CT molecular complexity index is 1500. The first-order valence-electron chi connectivity index (χ1n) is 18.2. The fourth-order valence-electron chi connectivity index (χ4n) is 9.22. The van der Waals surface area contributed by atoms with Gasteiger partial charge in [-0.15, -0.1) is 0 Å². The SMILES string of the molecule is COC[C@@H]1C[C@@H](c2ccc(C(F)(F)F)cc2N2CCC(C(=O)O)CC2)CN1C(=O)[C@@]1(C)CN([C@H]2CC[C@H](C)CC2)C[C@@H]1c1ccc(OC)cc1. The lowest BCUT2D eigenvalue weighted by Gasteiger charge is -2.37. The summed E-state index contributed by atoms with van der Waals surface area (Å²) in [4.78, 5) is 33.1. The van der Waals surface area contributed by atoms with Crippen molar-refractivity contribution in [2.75, 3.05) is 58.5 Å². The lowest BCUT2D eigenvalue weighted by Crippen LogP contribution is -2.49. The second kappa shape index (κ2) is 14.7. The molecule has 3 saturated heterocycles. The molecule has 2 aromatic carbocycles. The zero-order chi connectivity index (χ0) is 35.8. The van der Waals surface area contributed by atoms with Crippen molar-refractivity contribution in [1.29, 1.82) is 0 Å². The van der Waals surface area contributed by atoms with Gasteiger partial charge in [0.05, 0.1) is 36.7 Å². The van der Waals surface area contributed by atoms with E-state index in [1.165, 1.54) is 18.9 Å². The maximum Gasteiger partial charge on any atom is 0.416 e. The van der Waals surface area contributed by atoms with E-state index in [1.54, 1.807) is 20.3 Å². The number of hydrogen-bond donors (Lipinski definition) is 1. The minimum Gasteiger partial charge on any atom is -0.497 e. The highest BCUT2D eigenvalue weighted by molar-refractivity contribution is 5.85. The van der Waals surface area contributed by atoms with Crippen LogP contribution in [0.3, 0.4) is 0 Å². The van der Waals surface area contributed by atoms with Crippen LogP contribution in [-0.4, -0.2) is 92.4 Å². The summed E-state index contributed by atoms with van der Waals surface area (Å²) in [7, 11) is 3.26. The van der Waals surface area contributed by atoms with Crippen molar-refractivity contribution >= 4 is 17.6 Å². The van der Waals surface area contributed by atoms with Crippen LogP contribution in [0.5, 0.6) is 5.75 Å². The molecule has 0 radical (unpaired) electrons.